The highest BCUT2D eigenvalue weighted by atomic mass is 35.5. The summed E-state index contributed by atoms with van der Waals surface area (Å²) in [6.07, 6.45) is -1.05. The largest absolute Gasteiger partial charge is 0.416 e. The number of hydrogen-bond acceptors (Lipinski definition) is 3. The Hall–Kier alpha value is -1.76. The summed E-state index contributed by atoms with van der Waals surface area (Å²) in [6.45, 7) is 2.32. The number of halogens is 4. The number of rotatable bonds is 4. The van der Waals surface area contributed by atoms with Gasteiger partial charge in [-0.25, -0.2) is 4.98 Å². The highest BCUT2D eigenvalue weighted by Gasteiger charge is 2.31. The van der Waals surface area contributed by atoms with Gasteiger partial charge in [-0.05, 0) is 25.1 Å². The number of nitrogens with zero attached hydrogens (tertiary/aromatic N) is 3. The van der Waals surface area contributed by atoms with Crippen molar-refractivity contribution in [3.05, 3.63) is 41.3 Å². The third-order valence-corrected chi connectivity index (χ3v) is 2.73. The number of hydrogen-bond donors (Lipinski definition) is 1. The fourth-order valence-electron chi connectivity index (χ4n) is 1.72. The highest BCUT2D eigenvalue weighted by Crippen LogP contribution is 2.32. The van der Waals surface area contributed by atoms with Crippen LogP contribution in [-0.2, 0) is 12.7 Å². The average molecular weight is 305 g/mol. The third-order valence-electron chi connectivity index (χ3n) is 2.54. The molecule has 0 amide bonds. The van der Waals surface area contributed by atoms with E-state index in [1.807, 2.05) is 6.92 Å². The van der Waals surface area contributed by atoms with Gasteiger partial charge in [0.05, 0.1) is 12.1 Å². The Morgan fingerprint density at radius 3 is 2.75 bits per heavy atom. The van der Waals surface area contributed by atoms with E-state index in [1.54, 1.807) is 23.1 Å². The lowest BCUT2D eigenvalue weighted by Crippen LogP contribution is -2.23. The maximum absolute atomic E-state index is 12.7. The molecule has 2 rings (SSSR count). The smallest absolute Gasteiger partial charge is 0.366 e. The van der Waals surface area contributed by atoms with E-state index in [0.29, 0.717) is 6.54 Å². The number of anilines is 1. The first kappa shape index (κ1) is 14.6. The lowest BCUT2D eigenvalue weighted by molar-refractivity contribution is -0.137. The first-order chi connectivity index (χ1) is 9.34. The topological polar surface area (TPSA) is 42.7 Å². The predicted octanol–water partition coefficient (Wildman–Crippen LogP) is 3.45. The molecule has 0 aliphatic rings. The monoisotopic (exact) mass is 304 g/mol. The van der Waals surface area contributed by atoms with E-state index in [4.69, 9.17) is 11.6 Å². The van der Waals surface area contributed by atoms with Crippen molar-refractivity contribution in [3.8, 4) is 0 Å². The summed E-state index contributed by atoms with van der Waals surface area (Å²) in [5.74, 6) is 0.0875. The van der Waals surface area contributed by atoms with Gasteiger partial charge < -0.3 is 5.32 Å². The fraction of sp³-hybridized carbons (Fsp3) is 0.333. The van der Waals surface area contributed by atoms with Gasteiger partial charge in [0.1, 0.15) is 11.0 Å². The van der Waals surface area contributed by atoms with E-state index in [2.05, 4.69) is 15.4 Å². The number of alkyl halides is 3. The van der Waals surface area contributed by atoms with Crippen LogP contribution in [0.4, 0.5) is 19.0 Å². The Morgan fingerprint density at radius 2 is 2.15 bits per heavy atom. The molecule has 2 aromatic heterocycles. The van der Waals surface area contributed by atoms with Crippen molar-refractivity contribution in [2.75, 3.05) is 5.32 Å². The van der Waals surface area contributed by atoms with Crippen LogP contribution < -0.4 is 5.32 Å². The number of pyridine rings is 1. The summed E-state index contributed by atoms with van der Waals surface area (Å²) in [5.41, 5.74) is -0.828. The minimum absolute atomic E-state index is 0.0875. The van der Waals surface area contributed by atoms with Crippen LogP contribution in [0.25, 0.3) is 0 Å². The molecule has 8 heteroatoms. The van der Waals surface area contributed by atoms with Crippen molar-refractivity contribution in [2.24, 2.45) is 0 Å². The van der Waals surface area contributed by atoms with Gasteiger partial charge in [0.2, 0.25) is 0 Å². The van der Waals surface area contributed by atoms with Crippen molar-refractivity contribution in [1.29, 1.82) is 0 Å². The van der Waals surface area contributed by atoms with E-state index in [9.17, 15) is 13.2 Å². The maximum atomic E-state index is 12.7. The minimum Gasteiger partial charge on any atom is -0.366 e. The van der Waals surface area contributed by atoms with Crippen LogP contribution in [0.15, 0.2) is 30.6 Å². The van der Waals surface area contributed by atoms with Gasteiger partial charge in [-0.2, -0.15) is 18.3 Å². The first-order valence-corrected chi connectivity index (χ1v) is 6.21. The number of aromatic nitrogens is 3. The van der Waals surface area contributed by atoms with Crippen LogP contribution in [-0.4, -0.2) is 20.8 Å². The molecule has 20 heavy (non-hydrogen) atoms. The zero-order valence-electron chi connectivity index (χ0n) is 10.5. The van der Waals surface area contributed by atoms with E-state index in [0.717, 1.165) is 12.1 Å². The second-order valence-corrected chi connectivity index (χ2v) is 4.72. The zero-order chi connectivity index (χ0) is 14.8. The van der Waals surface area contributed by atoms with Crippen LogP contribution >= 0.6 is 11.6 Å². The lowest BCUT2D eigenvalue weighted by atomic mass is 10.2. The molecule has 0 bridgehead atoms. The molecule has 0 radical (unpaired) electrons. The summed E-state index contributed by atoms with van der Waals surface area (Å²) in [5, 5.41) is 6.70. The van der Waals surface area contributed by atoms with Gasteiger partial charge >= 0.3 is 6.18 Å². The molecule has 1 atom stereocenters. The Balaban J connectivity index is 2.11. The van der Waals surface area contributed by atoms with Crippen molar-refractivity contribution < 1.29 is 13.2 Å². The van der Waals surface area contributed by atoms with Crippen LogP contribution in [0, 0.1) is 0 Å². The van der Waals surface area contributed by atoms with Crippen LogP contribution in [0.2, 0.25) is 5.15 Å². The highest BCUT2D eigenvalue weighted by molar-refractivity contribution is 6.29. The molecule has 0 aliphatic carbocycles. The molecule has 0 aromatic carbocycles. The summed E-state index contributed by atoms with van der Waals surface area (Å²) in [6, 6.07) is 3.35. The Labute approximate surface area is 118 Å². The summed E-state index contributed by atoms with van der Waals surface area (Å²) in [7, 11) is 0. The molecule has 0 aliphatic heterocycles. The summed E-state index contributed by atoms with van der Waals surface area (Å²) >= 11 is 5.61. The first-order valence-electron chi connectivity index (χ1n) is 5.83. The zero-order valence-corrected chi connectivity index (χ0v) is 11.3. The summed E-state index contributed by atoms with van der Waals surface area (Å²) in [4.78, 5) is 3.84. The van der Waals surface area contributed by atoms with E-state index in [-0.39, 0.29) is 17.0 Å². The van der Waals surface area contributed by atoms with Crippen molar-refractivity contribution in [2.45, 2.75) is 25.7 Å². The second kappa shape index (κ2) is 5.70. The Morgan fingerprint density at radius 1 is 1.40 bits per heavy atom. The van der Waals surface area contributed by atoms with E-state index < -0.39 is 11.7 Å². The van der Waals surface area contributed by atoms with Crippen molar-refractivity contribution in [1.82, 2.24) is 14.8 Å². The van der Waals surface area contributed by atoms with Gasteiger partial charge in [0.25, 0.3) is 0 Å². The predicted molar refractivity (Wildman–Crippen MR) is 69.6 cm³/mol. The third kappa shape index (κ3) is 3.86. The molecule has 0 saturated carbocycles. The molecular formula is C12H12ClF3N4. The summed E-state index contributed by atoms with van der Waals surface area (Å²) < 4.78 is 39.7. The second-order valence-electron chi connectivity index (χ2n) is 4.34. The molecule has 1 N–H and O–H groups in total. The quantitative estimate of drug-likeness (QED) is 0.880. The van der Waals surface area contributed by atoms with E-state index >= 15 is 0 Å². The molecule has 108 valence electrons. The molecule has 4 nitrogen and oxygen atoms in total. The Kier molecular flexibility index (Phi) is 4.17. The van der Waals surface area contributed by atoms with Gasteiger partial charge in [0.15, 0.2) is 0 Å². The Bertz CT molecular complexity index is 569. The fourth-order valence-corrected chi connectivity index (χ4v) is 1.93. The molecular weight excluding hydrogens is 293 g/mol. The standard InChI is InChI=1S/C12H12ClF3N4/c1-8(7-20-4-2-3-17-20)18-11-6-9(12(14,15)16)5-10(13)19-11/h2-6,8H,7H2,1H3,(H,18,19). The molecule has 2 heterocycles. The van der Waals surface area contributed by atoms with Gasteiger partial charge in [0, 0.05) is 18.4 Å². The van der Waals surface area contributed by atoms with Crippen molar-refractivity contribution >= 4 is 17.4 Å². The molecule has 0 spiro atoms. The SMILES string of the molecule is CC(Cn1cccn1)Nc1cc(C(F)(F)F)cc(Cl)n1. The lowest BCUT2D eigenvalue weighted by Gasteiger charge is -2.16. The molecule has 0 saturated heterocycles. The molecule has 2 aromatic rings. The van der Waals surface area contributed by atoms with Crippen molar-refractivity contribution in [3.63, 3.8) is 0 Å². The molecule has 0 fully saturated rings. The van der Waals surface area contributed by atoms with Gasteiger partial charge in [-0.1, -0.05) is 11.6 Å². The minimum atomic E-state index is -4.45. The van der Waals surface area contributed by atoms with Crippen LogP contribution in [0.5, 0.6) is 0 Å². The number of nitrogens with one attached hydrogen (secondary N) is 1. The maximum Gasteiger partial charge on any atom is 0.416 e. The average Bonchev–Trinajstić information content (AvgIpc) is 2.79. The van der Waals surface area contributed by atoms with Crippen LogP contribution in [0.3, 0.4) is 0 Å². The van der Waals surface area contributed by atoms with Gasteiger partial charge in [-0.3, -0.25) is 4.68 Å². The molecule has 1 unspecified atom stereocenters. The van der Waals surface area contributed by atoms with E-state index in [1.165, 1.54) is 0 Å². The normalized spacial score (nSPS) is 13.2. The van der Waals surface area contributed by atoms with Gasteiger partial charge in [-0.15, -0.1) is 0 Å². The van der Waals surface area contributed by atoms with Crippen LogP contribution in [0.1, 0.15) is 12.5 Å².